The molecule has 0 unspecified atom stereocenters. The van der Waals surface area contributed by atoms with Gasteiger partial charge in [0.15, 0.2) is 5.78 Å². The number of hydrogen-bond acceptors (Lipinski definition) is 2. The Balaban J connectivity index is 3.15. The van der Waals surface area contributed by atoms with E-state index in [-0.39, 0.29) is 5.78 Å². The molecule has 1 aromatic carbocycles. The van der Waals surface area contributed by atoms with E-state index in [0.29, 0.717) is 28.9 Å². The van der Waals surface area contributed by atoms with Crippen LogP contribution in [0.2, 0.25) is 0 Å². The van der Waals surface area contributed by atoms with Gasteiger partial charge < -0.3 is 4.74 Å². The molecule has 0 heterocycles. The molecule has 0 aliphatic carbocycles. The largest absolute Gasteiger partial charge is 0.496 e. The van der Waals surface area contributed by atoms with Crippen molar-refractivity contribution < 1.29 is 9.53 Å². The van der Waals surface area contributed by atoms with Gasteiger partial charge >= 0.3 is 0 Å². The van der Waals surface area contributed by atoms with Crippen LogP contribution in [0.25, 0.3) is 0 Å². The molecular weight excluding hydrogens is 279 g/mol. The van der Waals surface area contributed by atoms with Gasteiger partial charge in [-0.2, -0.15) is 0 Å². The number of Topliss-reactive ketones (excluding diaryl/α,β-unsaturated/α-hetero) is 1. The number of carbonyl (C=O) groups excluding carboxylic acids is 1. The maximum Gasteiger partial charge on any atom is 0.167 e. The lowest BCUT2D eigenvalue weighted by atomic mass is 10.0. The molecule has 0 radical (unpaired) electrons. The fraction of sp³-hybridized carbons (Fsp3) is 0.364. The Morgan fingerprint density at radius 2 is 2.27 bits per heavy atom. The number of methoxy groups -OCH3 is 1. The molecule has 0 N–H and O–H groups in total. The summed E-state index contributed by atoms with van der Waals surface area (Å²) >= 11 is 9.03. The van der Waals surface area contributed by atoms with Crippen molar-refractivity contribution in [1.82, 2.24) is 0 Å². The zero-order chi connectivity index (χ0) is 11.3. The van der Waals surface area contributed by atoms with Crippen molar-refractivity contribution in [3.8, 4) is 5.75 Å². The van der Waals surface area contributed by atoms with Gasteiger partial charge in [-0.05, 0) is 11.6 Å². The normalized spacial score (nSPS) is 10.1. The van der Waals surface area contributed by atoms with Gasteiger partial charge in [-0.1, -0.05) is 28.1 Å². The first-order valence-corrected chi connectivity index (χ1v) is 6.21. The minimum atomic E-state index is 0.0555. The van der Waals surface area contributed by atoms with Gasteiger partial charge in [0.1, 0.15) is 5.75 Å². The van der Waals surface area contributed by atoms with Crippen molar-refractivity contribution in [2.75, 3.05) is 12.4 Å². The third-order valence-electron chi connectivity index (χ3n) is 2.08. The van der Waals surface area contributed by atoms with Crippen LogP contribution in [0.5, 0.6) is 5.75 Å². The molecule has 1 aromatic rings. The van der Waals surface area contributed by atoms with E-state index in [0.717, 1.165) is 5.56 Å². The van der Waals surface area contributed by atoms with Crippen molar-refractivity contribution in [1.29, 1.82) is 0 Å². The van der Waals surface area contributed by atoms with Crippen LogP contribution in [-0.4, -0.2) is 18.2 Å². The Bertz CT molecular complexity index is 330. The van der Waals surface area contributed by atoms with Crippen molar-refractivity contribution in [3.05, 3.63) is 29.3 Å². The number of ether oxygens (including phenoxy) is 1. The molecule has 1 rings (SSSR count). The summed E-state index contributed by atoms with van der Waals surface area (Å²) in [4.78, 5) is 11.8. The van der Waals surface area contributed by atoms with Crippen molar-refractivity contribution >= 4 is 33.3 Å². The highest BCUT2D eigenvalue weighted by Crippen LogP contribution is 2.25. The van der Waals surface area contributed by atoms with Crippen LogP contribution in [0.3, 0.4) is 0 Å². The molecule has 0 spiro atoms. The summed E-state index contributed by atoms with van der Waals surface area (Å²) in [6.07, 6.45) is 0.449. The van der Waals surface area contributed by atoms with E-state index in [9.17, 15) is 4.79 Å². The monoisotopic (exact) mass is 290 g/mol. The predicted octanol–water partition coefficient (Wildman–Crippen LogP) is 3.40. The lowest BCUT2D eigenvalue weighted by molar-refractivity contribution is 0.0986. The first-order valence-electron chi connectivity index (χ1n) is 4.55. The molecule has 0 saturated heterocycles. The molecule has 82 valence electrons. The van der Waals surface area contributed by atoms with Crippen LogP contribution >= 0.6 is 27.5 Å². The standard InChI is InChI=1S/C11H12BrClO2/c1-15-10-4-2-3-8(7-13)11(10)9(14)5-6-12/h2-4H,5-7H2,1H3. The highest BCUT2D eigenvalue weighted by Gasteiger charge is 2.15. The Morgan fingerprint density at radius 1 is 1.53 bits per heavy atom. The number of rotatable bonds is 5. The maximum absolute atomic E-state index is 11.8. The van der Waals surface area contributed by atoms with Gasteiger partial charge in [-0.15, -0.1) is 11.6 Å². The summed E-state index contributed by atoms with van der Waals surface area (Å²) in [6.45, 7) is 0. The Hall–Kier alpha value is -0.540. The number of benzene rings is 1. The quantitative estimate of drug-likeness (QED) is 0.614. The minimum Gasteiger partial charge on any atom is -0.496 e. The molecule has 0 atom stereocenters. The Morgan fingerprint density at radius 3 is 2.80 bits per heavy atom. The second-order valence-corrected chi connectivity index (χ2v) is 4.05. The van der Waals surface area contributed by atoms with Gasteiger partial charge in [-0.3, -0.25) is 4.79 Å². The van der Waals surface area contributed by atoms with E-state index in [1.807, 2.05) is 12.1 Å². The van der Waals surface area contributed by atoms with Gasteiger partial charge in [0.2, 0.25) is 0 Å². The number of hydrogen-bond donors (Lipinski definition) is 0. The molecule has 0 bridgehead atoms. The molecular formula is C11H12BrClO2. The van der Waals surface area contributed by atoms with Crippen LogP contribution in [-0.2, 0) is 5.88 Å². The van der Waals surface area contributed by atoms with Gasteiger partial charge in [-0.25, -0.2) is 0 Å². The summed E-state index contributed by atoms with van der Waals surface area (Å²) in [5, 5.41) is 0.644. The first-order chi connectivity index (χ1) is 7.24. The fourth-order valence-electron chi connectivity index (χ4n) is 1.39. The Labute approximate surface area is 103 Å². The summed E-state index contributed by atoms with van der Waals surface area (Å²) in [7, 11) is 1.55. The highest BCUT2D eigenvalue weighted by atomic mass is 79.9. The summed E-state index contributed by atoms with van der Waals surface area (Å²) in [5.74, 6) is 0.972. The van der Waals surface area contributed by atoms with Crippen LogP contribution < -0.4 is 4.74 Å². The van der Waals surface area contributed by atoms with Crippen LogP contribution in [0.1, 0.15) is 22.3 Å². The molecule has 0 saturated carbocycles. The Kier molecular flexibility index (Phi) is 5.12. The van der Waals surface area contributed by atoms with Crippen molar-refractivity contribution in [2.45, 2.75) is 12.3 Å². The van der Waals surface area contributed by atoms with Crippen LogP contribution in [0.4, 0.5) is 0 Å². The summed E-state index contributed by atoms with van der Waals surface area (Å²) < 4.78 is 5.16. The van der Waals surface area contributed by atoms with Gasteiger partial charge in [0, 0.05) is 17.6 Å². The summed E-state index contributed by atoms with van der Waals surface area (Å²) in [5.41, 5.74) is 1.43. The molecule has 15 heavy (non-hydrogen) atoms. The predicted molar refractivity (Wildman–Crippen MR) is 65.3 cm³/mol. The second-order valence-electron chi connectivity index (χ2n) is 2.99. The third-order valence-corrected chi connectivity index (χ3v) is 2.76. The van der Waals surface area contributed by atoms with E-state index in [1.54, 1.807) is 13.2 Å². The molecule has 0 aliphatic heterocycles. The van der Waals surface area contributed by atoms with Gasteiger partial charge in [0.05, 0.1) is 12.7 Å². The van der Waals surface area contributed by atoms with Crippen LogP contribution in [0, 0.1) is 0 Å². The molecule has 2 nitrogen and oxygen atoms in total. The minimum absolute atomic E-state index is 0.0555. The first kappa shape index (κ1) is 12.5. The van der Waals surface area contributed by atoms with E-state index in [4.69, 9.17) is 16.3 Å². The zero-order valence-electron chi connectivity index (χ0n) is 8.43. The van der Waals surface area contributed by atoms with Crippen molar-refractivity contribution in [2.24, 2.45) is 0 Å². The zero-order valence-corrected chi connectivity index (χ0v) is 10.8. The van der Waals surface area contributed by atoms with E-state index in [2.05, 4.69) is 15.9 Å². The maximum atomic E-state index is 11.8. The third kappa shape index (κ3) is 2.95. The lowest BCUT2D eigenvalue weighted by Crippen LogP contribution is -2.06. The number of carbonyl (C=O) groups is 1. The molecule has 0 aliphatic rings. The van der Waals surface area contributed by atoms with Gasteiger partial charge in [0.25, 0.3) is 0 Å². The average Bonchev–Trinajstić information content (AvgIpc) is 2.28. The van der Waals surface area contributed by atoms with E-state index in [1.165, 1.54) is 0 Å². The smallest absolute Gasteiger partial charge is 0.167 e. The summed E-state index contributed by atoms with van der Waals surface area (Å²) in [6, 6.07) is 5.45. The number of alkyl halides is 2. The topological polar surface area (TPSA) is 26.3 Å². The molecule has 0 amide bonds. The van der Waals surface area contributed by atoms with Crippen molar-refractivity contribution in [3.63, 3.8) is 0 Å². The SMILES string of the molecule is COc1cccc(CCl)c1C(=O)CCBr. The lowest BCUT2D eigenvalue weighted by Gasteiger charge is -2.10. The van der Waals surface area contributed by atoms with E-state index < -0.39 is 0 Å². The second kappa shape index (κ2) is 6.13. The average molecular weight is 292 g/mol. The molecule has 4 heteroatoms. The number of halogens is 2. The fourth-order valence-corrected chi connectivity index (χ4v) is 1.97. The number of ketones is 1. The van der Waals surface area contributed by atoms with Crippen LogP contribution in [0.15, 0.2) is 18.2 Å². The molecule has 0 aromatic heterocycles. The van der Waals surface area contributed by atoms with E-state index >= 15 is 0 Å². The molecule has 0 fully saturated rings. The highest BCUT2D eigenvalue weighted by molar-refractivity contribution is 9.09.